The lowest BCUT2D eigenvalue weighted by Crippen LogP contribution is -2.16. The SMILES string of the molecule is C=COC(=N)C(=C/C)/C(=C\C=C\CC)O[C@H](C)CCOc1ccc(CC)c(C)c1. The van der Waals surface area contributed by atoms with Crippen LogP contribution in [0.25, 0.3) is 0 Å². The molecule has 1 atom stereocenters. The Morgan fingerprint density at radius 2 is 2.03 bits per heavy atom. The van der Waals surface area contributed by atoms with Gasteiger partial charge in [-0.05, 0) is 62.9 Å². The van der Waals surface area contributed by atoms with E-state index in [0.717, 1.165) is 25.0 Å². The van der Waals surface area contributed by atoms with Crippen molar-refractivity contribution >= 4 is 5.90 Å². The molecule has 158 valence electrons. The Hall–Kier alpha value is -2.75. The first-order valence-corrected chi connectivity index (χ1v) is 10.3. The van der Waals surface area contributed by atoms with Crippen LogP contribution in [0.15, 0.2) is 66.7 Å². The molecule has 0 saturated carbocycles. The van der Waals surface area contributed by atoms with E-state index in [1.165, 1.54) is 17.4 Å². The van der Waals surface area contributed by atoms with E-state index in [1.54, 1.807) is 6.08 Å². The minimum Gasteiger partial charge on any atom is -0.493 e. The zero-order valence-corrected chi connectivity index (χ0v) is 18.5. The minimum absolute atomic E-state index is 0.00795. The highest BCUT2D eigenvalue weighted by Crippen LogP contribution is 2.20. The summed E-state index contributed by atoms with van der Waals surface area (Å²) < 4.78 is 17.2. The Morgan fingerprint density at radius 1 is 1.28 bits per heavy atom. The van der Waals surface area contributed by atoms with E-state index in [-0.39, 0.29) is 12.0 Å². The first-order chi connectivity index (χ1) is 14.0. The van der Waals surface area contributed by atoms with E-state index in [0.29, 0.717) is 17.9 Å². The number of hydrogen-bond donors (Lipinski definition) is 1. The molecule has 1 aromatic rings. The highest BCUT2D eigenvalue weighted by Gasteiger charge is 2.15. The molecule has 1 rings (SSSR count). The van der Waals surface area contributed by atoms with Crippen molar-refractivity contribution in [1.82, 2.24) is 0 Å². The molecule has 0 aromatic heterocycles. The average molecular weight is 398 g/mol. The predicted molar refractivity (Wildman–Crippen MR) is 121 cm³/mol. The summed E-state index contributed by atoms with van der Waals surface area (Å²) in [5.74, 6) is 1.48. The molecule has 4 nitrogen and oxygen atoms in total. The Kier molecular flexibility index (Phi) is 11.2. The summed E-state index contributed by atoms with van der Waals surface area (Å²) in [7, 11) is 0. The fourth-order valence-corrected chi connectivity index (χ4v) is 2.79. The quantitative estimate of drug-likeness (QED) is 0.185. The van der Waals surface area contributed by atoms with Gasteiger partial charge in [0.25, 0.3) is 0 Å². The van der Waals surface area contributed by atoms with E-state index < -0.39 is 0 Å². The van der Waals surface area contributed by atoms with Gasteiger partial charge >= 0.3 is 0 Å². The molecule has 0 aliphatic heterocycles. The maximum Gasteiger partial charge on any atom is 0.221 e. The lowest BCUT2D eigenvalue weighted by molar-refractivity contribution is 0.113. The van der Waals surface area contributed by atoms with Crippen LogP contribution in [0.2, 0.25) is 0 Å². The van der Waals surface area contributed by atoms with Crippen LogP contribution in [0.5, 0.6) is 5.75 Å². The Labute approximate surface area is 176 Å². The molecule has 0 aliphatic rings. The summed E-state index contributed by atoms with van der Waals surface area (Å²) in [4.78, 5) is 0. The van der Waals surface area contributed by atoms with Gasteiger partial charge in [0, 0.05) is 6.42 Å². The summed E-state index contributed by atoms with van der Waals surface area (Å²) in [6.07, 6.45) is 11.5. The fourth-order valence-electron chi connectivity index (χ4n) is 2.79. The highest BCUT2D eigenvalue weighted by molar-refractivity contribution is 5.95. The van der Waals surface area contributed by atoms with Crippen LogP contribution in [0.3, 0.4) is 0 Å². The molecule has 4 heteroatoms. The second kappa shape index (κ2) is 13.4. The highest BCUT2D eigenvalue weighted by atomic mass is 16.5. The van der Waals surface area contributed by atoms with Gasteiger partial charge in [0.2, 0.25) is 5.90 Å². The van der Waals surface area contributed by atoms with Gasteiger partial charge in [-0.2, -0.15) is 0 Å². The maximum absolute atomic E-state index is 8.07. The molecule has 0 saturated heterocycles. The summed E-state index contributed by atoms with van der Waals surface area (Å²) in [5.41, 5.74) is 3.18. The van der Waals surface area contributed by atoms with Gasteiger partial charge in [0.1, 0.15) is 11.5 Å². The average Bonchev–Trinajstić information content (AvgIpc) is 2.69. The number of aryl methyl sites for hydroxylation is 2. The Morgan fingerprint density at radius 3 is 2.62 bits per heavy atom. The van der Waals surface area contributed by atoms with Crippen LogP contribution in [0.1, 0.15) is 51.7 Å². The molecule has 0 radical (unpaired) electrons. The van der Waals surface area contributed by atoms with Crippen molar-refractivity contribution < 1.29 is 14.2 Å². The number of allylic oxidation sites excluding steroid dienone is 4. The number of benzene rings is 1. The van der Waals surface area contributed by atoms with Crippen molar-refractivity contribution in [2.75, 3.05) is 6.61 Å². The summed E-state index contributed by atoms with van der Waals surface area (Å²) in [6, 6.07) is 6.22. The number of hydrogen-bond acceptors (Lipinski definition) is 4. The lowest BCUT2D eigenvalue weighted by atomic mass is 10.1. The van der Waals surface area contributed by atoms with E-state index in [4.69, 9.17) is 19.6 Å². The van der Waals surface area contributed by atoms with Gasteiger partial charge in [-0.15, -0.1) is 0 Å². The second-order valence-electron chi connectivity index (χ2n) is 6.69. The van der Waals surface area contributed by atoms with Crippen molar-refractivity contribution in [2.24, 2.45) is 0 Å². The van der Waals surface area contributed by atoms with Crippen LogP contribution in [0.4, 0.5) is 0 Å². The van der Waals surface area contributed by atoms with Gasteiger partial charge in [0.15, 0.2) is 0 Å². The zero-order chi connectivity index (χ0) is 21.6. The minimum atomic E-state index is -0.0845. The largest absolute Gasteiger partial charge is 0.493 e. The van der Waals surface area contributed by atoms with Gasteiger partial charge in [0.05, 0.1) is 24.5 Å². The molecule has 1 N–H and O–H groups in total. The standard InChI is InChI=1S/C25H35NO3/c1-7-11-12-13-24(23(9-3)25(26)27-10-4)29-20(6)16-17-28-22-15-14-21(8-2)19(5)18-22/h9-15,18,20,26H,4,7-8,16-17H2,1-3,5-6H3/b12-11+,23-9+,24-13+,26-25?/t20-/m1/s1. The van der Waals surface area contributed by atoms with E-state index in [2.05, 4.69) is 39.5 Å². The molecule has 0 spiro atoms. The molecule has 0 heterocycles. The molecular formula is C25H35NO3. The predicted octanol–water partition coefficient (Wildman–Crippen LogP) is 6.67. The first-order valence-electron chi connectivity index (χ1n) is 10.3. The smallest absolute Gasteiger partial charge is 0.221 e. The van der Waals surface area contributed by atoms with Gasteiger partial charge in [-0.3, -0.25) is 5.41 Å². The third-order valence-corrected chi connectivity index (χ3v) is 4.44. The van der Waals surface area contributed by atoms with Crippen molar-refractivity contribution in [3.63, 3.8) is 0 Å². The third kappa shape index (κ3) is 8.43. The monoisotopic (exact) mass is 397 g/mol. The topological polar surface area (TPSA) is 51.5 Å². The number of nitrogens with one attached hydrogen (secondary N) is 1. The summed E-state index contributed by atoms with van der Waals surface area (Å²) >= 11 is 0. The summed E-state index contributed by atoms with van der Waals surface area (Å²) in [6.45, 7) is 14.3. The molecule has 0 aliphatic carbocycles. The van der Waals surface area contributed by atoms with E-state index in [9.17, 15) is 0 Å². The molecule has 0 amide bonds. The van der Waals surface area contributed by atoms with Gasteiger partial charge in [-0.25, -0.2) is 0 Å². The van der Waals surface area contributed by atoms with Gasteiger partial charge in [-0.1, -0.05) is 44.7 Å². The molecule has 0 fully saturated rings. The van der Waals surface area contributed by atoms with Crippen LogP contribution in [0, 0.1) is 12.3 Å². The molecular weight excluding hydrogens is 362 g/mol. The van der Waals surface area contributed by atoms with Gasteiger partial charge < -0.3 is 14.2 Å². The normalized spacial score (nSPS) is 13.3. The molecule has 29 heavy (non-hydrogen) atoms. The molecule has 0 unspecified atom stereocenters. The lowest BCUT2D eigenvalue weighted by Gasteiger charge is -2.19. The molecule has 1 aromatic carbocycles. The van der Waals surface area contributed by atoms with Crippen LogP contribution in [-0.4, -0.2) is 18.6 Å². The van der Waals surface area contributed by atoms with Crippen molar-refractivity contribution in [1.29, 1.82) is 5.41 Å². The van der Waals surface area contributed by atoms with E-state index in [1.807, 2.05) is 38.1 Å². The summed E-state index contributed by atoms with van der Waals surface area (Å²) in [5, 5.41) is 8.07. The first kappa shape index (κ1) is 24.3. The fraction of sp³-hybridized carbons (Fsp3) is 0.400. The second-order valence-corrected chi connectivity index (χ2v) is 6.69. The zero-order valence-electron chi connectivity index (χ0n) is 18.5. The number of rotatable bonds is 12. The van der Waals surface area contributed by atoms with Crippen molar-refractivity contribution in [3.05, 3.63) is 77.8 Å². The van der Waals surface area contributed by atoms with Crippen LogP contribution < -0.4 is 4.74 Å². The van der Waals surface area contributed by atoms with Crippen LogP contribution >= 0.6 is 0 Å². The van der Waals surface area contributed by atoms with Crippen LogP contribution in [-0.2, 0) is 15.9 Å². The van der Waals surface area contributed by atoms with Crippen molar-refractivity contribution in [3.8, 4) is 5.75 Å². The van der Waals surface area contributed by atoms with Crippen molar-refractivity contribution in [2.45, 2.75) is 60.0 Å². The third-order valence-electron chi connectivity index (χ3n) is 4.44. The van der Waals surface area contributed by atoms with E-state index >= 15 is 0 Å². The maximum atomic E-state index is 8.07. The number of ether oxygens (including phenoxy) is 3. The Balaban J connectivity index is 2.74. The Bertz CT molecular complexity index is 759. The molecule has 0 bridgehead atoms.